The standard InChI is InChI=1S/C21H22N4O3/c1-23-17-8-4-3-6-15(17)12-25(13-19(23)27)21(28)16-10-18(26)24(2)20(16)14-7-5-9-22-11-14/h3-9,11,16,20H,10,12-13H2,1-2H3/t16-,20+/m0/s1. The Kier molecular flexibility index (Phi) is 4.58. The van der Waals surface area contributed by atoms with Gasteiger partial charge in [-0.1, -0.05) is 24.3 Å². The molecule has 28 heavy (non-hydrogen) atoms. The van der Waals surface area contributed by atoms with Gasteiger partial charge in [0, 0.05) is 45.1 Å². The maximum absolute atomic E-state index is 13.4. The topological polar surface area (TPSA) is 73.8 Å². The van der Waals surface area contributed by atoms with Gasteiger partial charge in [0.1, 0.15) is 6.54 Å². The number of rotatable bonds is 2. The van der Waals surface area contributed by atoms with Crippen LogP contribution in [0, 0.1) is 5.92 Å². The summed E-state index contributed by atoms with van der Waals surface area (Å²) in [5, 5.41) is 0. The first-order valence-electron chi connectivity index (χ1n) is 9.26. The third-order valence-electron chi connectivity index (χ3n) is 5.66. The van der Waals surface area contributed by atoms with Gasteiger partial charge in [0.05, 0.1) is 12.0 Å². The molecule has 2 aliphatic rings. The Morgan fingerprint density at radius 1 is 1.04 bits per heavy atom. The first-order valence-corrected chi connectivity index (χ1v) is 9.26. The maximum Gasteiger partial charge on any atom is 0.246 e. The van der Waals surface area contributed by atoms with Gasteiger partial charge < -0.3 is 14.7 Å². The number of carbonyl (C=O) groups excluding carboxylic acids is 3. The zero-order valence-corrected chi connectivity index (χ0v) is 15.9. The minimum absolute atomic E-state index is 0.00181. The van der Waals surface area contributed by atoms with Gasteiger partial charge in [-0.3, -0.25) is 19.4 Å². The zero-order chi connectivity index (χ0) is 19.8. The van der Waals surface area contributed by atoms with E-state index in [1.54, 1.807) is 47.3 Å². The summed E-state index contributed by atoms with van der Waals surface area (Å²) >= 11 is 0. The highest BCUT2D eigenvalue weighted by Crippen LogP contribution is 2.38. The molecule has 0 unspecified atom stereocenters. The van der Waals surface area contributed by atoms with Crippen LogP contribution in [0.3, 0.4) is 0 Å². The van der Waals surface area contributed by atoms with Gasteiger partial charge in [-0.25, -0.2) is 0 Å². The number of hydrogen-bond acceptors (Lipinski definition) is 4. The van der Waals surface area contributed by atoms with Crippen LogP contribution in [0.25, 0.3) is 0 Å². The summed E-state index contributed by atoms with van der Waals surface area (Å²) in [4.78, 5) is 47.4. The highest BCUT2D eigenvalue weighted by molar-refractivity contribution is 5.99. The van der Waals surface area contributed by atoms with E-state index in [2.05, 4.69) is 4.98 Å². The average molecular weight is 378 g/mol. The van der Waals surface area contributed by atoms with Crippen LogP contribution in [-0.4, -0.2) is 53.1 Å². The van der Waals surface area contributed by atoms with E-state index in [9.17, 15) is 14.4 Å². The van der Waals surface area contributed by atoms with E-state index >= 15 is 0 Å². The largest absolute Gasteiger partial charge is 0.338 e. The molecule has 0 bridgehead atoms. The predicted octanol–water partition coefficient (Wildman–Crippen LogP) is 1.61. The number of carbonyl (C=O) groups is 3. The van der Waals surface area contributed by atoms with Crippen molar-refractivity contribution in [1.29, 1.82) is 0 Å². The van der Waals surface area contributed by atoms with Crippen molar-refractivity contribution in [3.63, 3.8) is 0 Å². The molecule has 0 N–H and O–H groups in total. The predicted molar refractivity (Wildman–Crippen MR) is 103 cm³/mol. The van der Waals surface area contributed by atoms with Crippen LogP contribution in [0.5, 0.6) is 0 Å². The van der Waals surface area contributed by atoms with Gasteiger partial charge >= 0.3 is 0 Å². The van der Waals surface area contributed by atoms with Crippen LogP contribution < -0.4 is 4.90 Å². The molecule has 0 saturated carbocycles. The van der Waals surface area contributed by atoms with E-state index in [4.69, 9.17) is 0 Å². The molecule has 0 aliphatic carbocycles. The first-order chi connectivity index (χ1) is 13.5. The summed E-state index contributed by atoms with van der Waals surface area (Å²) in [5.74, 6) is -0.935. The van der Waals surface area contributed by atoms with Gasteiger partial charge in [0.2, 0.25) is 17.7 Å². The van der Waals surface area contributed by atoms with Crippen LogP contribution in [-0.2, 0) is 20.9 Å². The minimum atomic E-state index is -0.537. The number of pyridine rings is 1. The summed E-state index contributed by atoms with van der Waals surface area (Å²) in [7, 11) is 3.43. The van der Waals surface area contributed by atoms with E-state index < -0.39 is 5.92 Å². The second-order valence-corrected chi connectivity index (χ2v) is 7.32. The van der Waals surface area contributed by atoms with Gasteiger partial charge in [-0.05, 0) is 23.3 Å². The molecule has 3 amide bonds. The quantitative estimate of drug-likeness (QED) is 0.796. The van der Waals surface area contributed by atoms with Crippen molar-refractivity contribution in [3.05, 3.63) is 59.9 Å². The van der Waals surface area contributed by atoms with E-state index in [0.717, 1.165) is 16.8 Å². The number of amides is 3. The Bertz CT molecular complexity index is 930. The van der Waals surface area contributed by atoms with E-state index in [1.807, 2.05) is 30.3 Å². The number of hydrogen-bond donors (Lipinski definition) is 0. The van der Waals surface area contributed by atoms with Crippen LogP contribution in [0.4, 0.5) is 5.69 Å². The first kappa shape index (κ1) is 18.2. The van der Waals surface area contributed by atoms with Gasteiger partial charge in [0.15, 0.2) is 0 Å². The number of fused-ring (bicyclic) bond motifs is 1. The van der Waals surface area contributed by atoms with Crippen LogP contribution >= 0.6 is 0 Å². The molecule has 2 aliphatic heterocycles. The van der Waals surface area contributed by atoms with Gasteiger partial charge in [0.25, 0.3) is 0 Å². The Hall–Kier alpha value is -3.22. The lowest BCUT2D eigenvalue weighted by molar-refractivity contribution is -0.140. The fourth-order valence-corrected chi connectivity index (χ4v) is 4.13. The Balaban J connectivity index is 1.66. The molecule has 7 heteroatoms. The Labute approximate surface area is 163 Å². The lowest BCUT2D eigenvalue weighted by atomic mass is 9.93. The van der Waals surface area contributed by atoms with Gasteiger partial charge in [-0.15, -0.1) is 0 Å². The van der Waals surface area contributed by atoms with E-state index in [0.29, 0.717) is 6.54 Å². The highest BCUT2D eigenvalue weighted by atomic mass is 16.2. The SMILES string of the molecule is CN1C(=O)CN(C(=O)[C@H]2CC(=O)N(C)[C@@H]2c2cccnc2)Cc2ccccc21. The van der Waals surface area contributed by atoms with Gasteiger partial charge in [-0.2, -0.15) is 0 Å². The molecule has 1 aromatic carbocycles. The molecule has 2 atom stereocenters. The molecule has 2 aromatic rings. The molecule has 0 spiro atoms. The number of para-hydroxylation sites is 1. The van der Waals surface area contributed by atoms with Crippen LogP contribution in [0.1, 0.15) is 23.6 Å². The third-order valence-corrected chi connectivity index (χ3v) is 5.66. The van der Waals surface area contributed by atoms with E-state index in [1.165, 1.54) is 0 Å². The molecule has 1 fully saturated rings. The molecule has 3 heterocycles. The highest BCUT2D eigenvalue weighted by Gasteiger charge is 2.45. The fraction of sp³-hybridized carbons (Fsp3) is 0.333. The number of aromatic nitrogens is 1. The van der Waals surface area contributed by atoms with Crippen LogP contribution in [0.2, 0.25) is 0 Å². The lowest BCUT2D eigenvalue weighted by Crippen LogP contribution is -2.42. The number of benzene rings is 1. The van der Waals surface area contributed by atoms with Crippen molar-refractivity contribution in [2.75, 3.05) is 25.5 Å². The van der Waals surface area contributed by atoms with Crippen molar-refractivity contribution in [2.45, 2.75) is 19.0 Å². The summed E-state index contributed by atoms with van der Waals surface area (Å²) in [5.41, 5.74) is 2.55. The summed E-state index contributed by atoms with van der Waals surface area (Å²) in [6.07, 6.45) is 3.49. The third kappa shape index (κ3) is 3.02. The summed E-state index contributed by atoms with van der Waals surface area (Å²) in [6.45, 7) is 0.345. The van der Waals surface area contributed by atoms with Crippen molar-refractivity contribution < 1.29 is 14.4 Å². The summed E-state index contributed by atoms with van der Waals surface area (Å²) in [6, 6.07) is 10.9. The molecular weight excluding hydrogens is 356 g/mol. The normalized spacial score (nSPS) is 22.3. The average Bonchev–Trinajstić information content (AvgIpc) is 2.94. The van der Waals surface area contributed by atoms with Crippen LogP contribution in [0.15, 0.2) is 48.8 Å². The molecule has 144 valence electrons. The molecule has 4 rings (SSSR count). The monoisotopic (exact) mass is 378 g/mol. The van der Waals surface area contributed by atoms with Crippen molar-refractivity contribution in [2.24, 2.45) is 5.92 Å². The Morgan fingerprint density at radius 3 is 2.57 bits per heavy atom. The summed E-state index contributed by atoms with van der Waals surface area (Å²) < 4.78 is 0. The smallest absolute Gasteiger partial charge is 0.246 e. The number of nitrogens with zero attached hydrogens (tertiary/aromatic N) is 4. The number of anilines is 1. The van der Waals surface area contributed by atoms with Crippen molar-refractivity contribution >= 4 is 23.4 Å². The number of likely N-dealkylation sites (tertiary alicyclic amines) is 1. The Morgan fingerprint density at radius 2 is 1.82 bits per heavy atom. The molecular formula is C21H22N4O3. The fourth-order valence-electron chi connectivity index (χ4n) is 4.13. The van der Waals surface area contributed by atoms with Crippen molar-refractivity contribution in [3.8, 4) is 0 Å². The van der Waals surface area contributed by atoms with E-state index in [-0.39, 0.29) is 36.7 Å². The molecule has 0 radical (unpaired) electrons. The number of likely N-dealkylation sites (N-methyl/N-ethyl adjacent to an activating group) is 1. The zero-order valence-electron chi connectivity index (χ0n) is 15.9. The van der Waals surface area contributed by atoms with Crippen molar-refractivity contribution in [1.82, 2.24) is 14.8 Å². The second-order valence-electron chi connectivity index (χ2n) is 7.32. The second kappa shape index (κ2) is 7.07. The molecule has 7 nitrogen and oxygen atoms in total. The lowest BCUT2D eigenvalue weighted by Gasteiger charge is -2.28. The maximum atomic E-state index is 13.4. The molecule has 1 aromatic heterocycles. The molecule has 1 saturated heterocycles. The minimum Gasteiger partial charge on any atom is -0.338 e.